The molecule has 1 aliphatic carbocycles. The van der Waals surface area contributed by atoms with E-state index in [4.69, 9.17) is 5.73 Å². The summed E-state index contributed by atoms with van der Waals surface area (Å²) in [6, 6.07) is 0. The summed E-state index contributed by atoms with van der Waals surface area (Å²) in [5.41, 5.74) is 5.26. The molecule has 1 heterocycles. The van der Waals surface area contributed by atoms with Crippen LogP contribution in [0, 0.1) is 5.41 Å². The molecule has 1 aromatic rings. The number of aryl methyl sites for hydroxylation is 1. The third-order valence-corrected chi connectivity index (χ3v) is 5.42. The number of aromatic nitrogens is 2. The van der Waals surface area contributed by atoms with Crippen molar-refractivity contribution in [2.75, 3.05) is 18.9 Å². The van der Waals surface area contributed by atoms with E-state index >= 15 is 0 Å². The lowest BCUT2D eigenvalue weighted by Gasteiger charge is -2.35. The van der Waals surface area contributed by atoms with Gasteiger partial charge in [0.05, 0.1) is 0 Å². The van der Waals surface area contributed by atoms with Crippen LogP contribution >= 0.6 is 0 Å². The maximum atomic E-state index is 12.2. The highest BCUT2D eigenvalue weighted by Gasteiger charge is 2.33. The number of hydrogen-bond donors (Lipinski definition) is 3. The molecule has 0 saturated heterocycles. The highest BCUT2D eigenvalue weighted by molar-refractivity contribution is 7.89. The number of sulfonamides is 1. The van der Waals surface area contributed by atoms with Crippen LogP contribution in [-0.2, 0) is 17.1 Å². The van der Waals surface area contributed by atoms with E-state index in [-0.39, 0.29) is 29.3 Å². The predicted octanol–water partition coefficient (Wildman–Crippen LogP) is 0.223. The van der Waals surface area contributed by atoms with Gasteiger partial charge in [0, 0.05) is 31.8 Å². The summed E-state index contributed by atoms with van der Waals surface area (Å²) in [7, 11) is -2.07. The number of anilines is 1. The van der Waals surface area contributed by atoms with Crippen LogP contribution in [0.25, 0.3) is 0 Å². The van der Waals surface area contributed by atoms with Gasteiger partial charge in [-0.1, -0.05) is 19.3 Å². The van der Waals surface area contributed by atoms with Gasteiger partial charge in [-0.15, -0.1) is 0 Å². The van der Waals surface area contributed by atoms with Crippen molar-refractivity contribution in [2.24, 2.45) is 12.5 Å². The first-order valence-electron chi connectivity index (χ1n) is 6.78. The molecule has 1 aliphatic rings. The molecule has 1 fully saturated rings. The second-order valence-corrected chi connectivity index (χ2v) is 7.33. The lowest BCUT2D eigenvalue weighted by Crippen LogP contribution is -2.41. The minimum Gasteiger partial charge on any atom is -0.396 e. The van der Waals surface area contributed by atoms with E-state index in [1.807, 2.05) is 0 Å². The van der Waals surface area contributed by atoms with Crippen molar-refractivity contribution in [1.29, 1.82) is 0 Å². The molecule has 0 aliphatic heterocycles. The normalized spacial score (nSPS) is 19.1. The quantitative estimate of drug-likeness (QED) is 0.721. The van der Waals surface area contributed by atoms with Crippen LogP contribution in [0.4, 0.5) is 5.82 Å². The third kappa shape index (κ3) is 3.13. The first-order chi connectivity index (χ1) is 9.38. The number of nitrogens with two attached hydrogens (primary N) is 1. The molecule has 0 aromatic carbocycles. The predicted molar refractivity (Wildman–Crippen MR) is 75.4 cm³/mol. The maximum absolute atomic E-state index is 12.2. The highest BCUT2D eigenvalue weighted by Crippen LogP contribution is 2.35. The van der Waals surface area contributed by atoms with Crippen LogP contribution in [0.5, 0.6) is 0 Å². The van der Waals surface area contributed by atoms with E-state index in [1.165, 1.54) is 10.9 Å². The number of nitrogens with zero attached hydrogens (tertiary/aromatic N) is 2. The zero-order valence-electron chi connectivity index (χ0n) is 11.7. The summed E-state index contributed by atoms with van der Waals surface area (Å²) in [6.07, 6.45) is 6.26. The SMILES string of the molecule is Cn1cc(S(=O)(=O)NCC2(CO)CCCCC2)c(N)n1. The molecule has 1 saturated carbocycles. The fourth-order valence-corrected chi connectivity index (χ4v) is 3.97. The molecular weight excluding hydrogens is 280 g/mol. The summed E-state index contributed by atoms with van der Waals surface area (Å²) in [4.78, 5) is -0.0103. The van der Waals surface area contributed by atoms with Crippen molar-refractivity contribution >= 4 is 15.8 Å². The molecule has 8 heteroatoms. The smallest absolute Gasteiger partial charge is 0.245 e. The Labute approximate surface area is 119 Å². The Morgan fingerprint density at radius 1 is 1.45 bits per heavy atom. The van der Waals surface area contributed by atoms with Gasteiger partial charge in [0.25, 0.3) is 0 Å². The van der Waals surface area contributed by atoms with E-state index in [0.29, 0.717) is 0 Å². The molecule has 0 atom stereocenters. The molecule has 2 rings (SSSR count). The molecule has 0 bridgehead atoms. The van der Waals surface area contributed by atoms with Crippen molar-refractivity contribution in [3.8, 4) is 0 Å². The Hall–Kier alpha value is -1.12. The largest absolute Gasteiger partial charge is 0.396 e. The van der Waals surface area contributed by atoms with Crippen LogP contribution in [0.15, 0.2) is 11.1 Å². The van der Waals surface area contributed by atoms with E-state index in [1.54, 1.807) is 7.05 Å². The van der Waals surface area contributed by atoms with Gasteiger partial charge in [-0.05, 0) is 12.8 Å². The monoisotopic (exact) mass is 302 g/mol. The molecule has 114 valence electrons. The van der Waals surface area contributed by atoms with Gasteiger partial charge in [-0.3, -0.25) is 4.68 Å². The number of nitrogen functional groups attached to an aromatic ring is 1. The lowest BCUT2D eigenvalue weighted by molar-refractivity contribution is 0.0867. The zero-order valence-corrected chi connectivity index (χ0v) is 12.5. The van der Waals surface area contributed by atoms with Crippen LogP contribution in [0.3, 0.4) is 0 Å². The summed E-state index contributed by atoms with van der Waals surface area (Å²) in [5, 5.41) is 13.4. The van der Waals surface area contributed by atoms with Gasteiger partial charge in [-0.2, -0.15) is 5.10 Å². The molecule has 0 radical (unpaired) electrons. The van der Waals surface area contributed by atoms with Gasteiger partial charge in [0.2, 0.25) is 10.0 Å². The number of nitrogens with one attached hydrogen (secondary N) is 1. The second kappa shape index (κ2) is 5.71. The van der Waals surface area contributed by atoms with Gasteiger partial charge in [0.15, 0.2) is 5.82 Å². The Bertz CT molecular complexity index is 561. The summed E-state index contributed by atoms with van der Waals surface area (Å²) in [5.74, 6) is -0.0123. The average molecular weight is 302 g/mol. The van der Waals surface area contributed by atoms with Crippen LogP contribution in [0.1, 0.15) is 32.1 Å². The first-order valence-corrected chi connectivity index (χ1v) is 8.27. The Morgan fingerprint density at radius 2 is 2.10 bits per heavy atom. The van der Waals surface area contributed by atoms with E-state index in [2.05, 4.69) is 9.82 Å². The van der Waals surface area contributed by atoms with Gasteiger partial charge >= 0.3 is 0 Å². The second-order valence-electron chi connectivity index (χ2n) is 5.60. The molecule has 7 nitrogen and oxygen atoms in total. The van der Waals surface area contributed by atoms with Gasteiger partial charge in [-0.25, -0.2) is 13.1 Å². The molecule has 1 aromatic heterocycles. The first kappa shape index (κ1) is 15.3. The molecular formula is C12H22N4O3S. The van der Waals surface area contributed by atoms with Crippen LogP contribution < -0.4 is 10.5 Å². The van der Waals surface area contributed by atoms with E-state index in [0.717, 1.165) is 32.1 Å². The summed E-state index contributed by atoms with van der Waals surface area (Å²) in [6.45, 7) is 0.234. The molecule has 0 amide bonds. The topological polar surface area (TPSA) is 110 Å². The highest BCUT2D eigenvalue weighted by atomic mass is 32.2. The lowest BCUT2D eigenvalue weighted by atomic mass is 9.75. The Balaban J connectivity index is 2.10. The van der Waals surface area contributed by atoms with Crippen molar-refractivity contribution in [3.05, 3.63) is 6.20 Å². The van der Waals surface area contributed by atoms with Crippen LogP contribution in [-0.4, -0.2) is 36.5 Å². The average Bonchev–Trinajstić information content (AvgIpc) is 2.78. The maximum Gasteiger partial charge on any atom is 0.245 e. The standard InChI is InChI=1S/C12H22N4O3S/c1-16-7-10(11(13)15-16)20(18,19)14-8-12(9-17)5-3-2-4-6-12/h7,14,17H,2-6,8-9H2,1H3,(H2,13,15). The van der Waals surface area contributed by atoms with Crippen LogP contribution in [0.2, 0.25) is 0 Å². The molecule has 0 spiro atoms. The molecule has 20 heavy (non-hydrogen) atoms. The minimum atomic E-state index is -3.69. The molecule has 0 unspecified atom stereocenters. The van der Waals surface area contributed by atoms with Gasteiger partial charge in [0.1, 0.15) is 4.90 Å². The van der Waals surface area contributed by atoms with Gasteiger partial charge < -0.3 is 10.8 Å². The number of rotatable bonds is 5. The van der Waals surface area contributed by atoms with E-state index in [9.17, 15) is 13.5 Å². The number of aliphatic hydroxyl groups excluding tert-OH is 1. The minimum absolute atomic E-state index is 0.00194. The van der Waals surface area contributed by atoms with Crippen molar-refractivity contribution < 1.29 is 13.5 Å². The summed E-state index contributed by atoms with van der Waals surface area (Å²) >= 11 is 0. The van der Waals surface area contributed by atoms with E-state index < -0.39 is 10.0 Å². The zero-order chi connectivity index (χ0) is 14.8. The van der Waals surface area contributed by atoms with Crippen molar-refractivity contribution in [3.63, 3.8) is 0 Å². The van der Waals surface area contributed by atoms with Crippen molar-refractivity contribution in [1.82, 2.24) is 14.5 Å². The Morgan fingerprint density at radius 3 is 2.60 bits per heavy atom. The number of aliphatic hydroxyl groups is 1. The van der Waals surface area contributed by atoms with Crippen molar-refractivity contribution in [2.45, 2.75) is 37.0 Å². The Kier molecular flexibility index (Phi) is 4.36. The fraction of sp³-hybridized carbons (Fsp3) is 0.750. The summed E-state index contributed by atoms with van der Waals surface area (Å²) < 4.78 is 28.4. The molecule has 4 N–H and O–H groups in total. The third-order valence-electron chi connectivity index (χ3n) is 4.00. The number of hydrogen-bond acceptors (Lipinski definition) is 5. The fourth-order valence-electron chi connectivity index (χ4n) is 2.71.